The monoisotopic (exact) mass is 362 g/mol. The van der Waals surface area contributed by atoms with E-state index in [9.17, 15) is 18.5 Å². The van der Waals surface area contributed by atoms with Gasteiger partial charge in [0, 0.05) is 27.8 Å². The largest absolute Gasteiger partial charge is 0.381 e. The third-order valence-corrected chi connectivity index (χ3v) is 5.77. The normalized spacial score (nSPS) is 18.7. The van der Waals surface area contributed by atoms with Gasteiger partial charge in [0.25, 0.3) is 5.69 Å². The van der Waals surface area contributed by atoms with Crippen molar-refractivity contribution in [2.75, 3.05) is 16.8 Å². The highest BCUT2D eigenvalue weighted by Gasteiger charge is 2.24. The molecule has 1 heterocycles. The van der Waals surface area contributed by atoms with Gasteiger partial charge in [-0.3, -0.25) is 10.1 Å². The quantitative estimate of drug-likeness (QED) is 0.659. The topological polar surface area (TPSA) is 89.3 Å². The lowest BCUT2D eigenvalue weighted by Crippen LogP contribution is -2.32. The van der Waals surface area contributed by atoms with E-state index in [0.29, 0.717) is 22.9 Å². The molecule has 20 heavy (non-hydrogen) atoms. The van der Waals surface area contributed by atoms with Crippen LogP contribution in [0.15, 0.2) is 16.6 Å². The first-order valence-corrected chi connectivity index (χ1v) is 8.81. The molecule has 0 amide bonds. The summed E-state index contributed by atoms with van der Waals surface area (Å²) in [6, 6.07) is 3.26. The second-order valence-corrected chi connectivity index (χ2v) is 8.10. The van der Waals surface area contributed by atoms with Crippen LogP contribution in [0.5, 0.6) is 0 Å². The molecular formula is C12H15BrN2O4S. The average Bonchev–Trinajstić information content (AvgIpc) is 2.35. The van der Waals surface area contributed by atoms with Gasteiger partial charge in [0.1, 0.15) is 9.84 Å². The SMILES string of the molecule is Cc1cc(NC2CCS(=O)(=O)CC2)c(Br)cc1[N+](=O)[O-]. The first kappa shape index (κ1) is 15.2. The maximum Gasteiger partial charge on any atom is 0.273 e. The van der Waals surface area contributed by atoms with E-state index in [2.05, 4.69) is 21.2 Å². The Balaban J connectivity index is 2.15. The van der Waals surface area contributed by atoms with Gasteiger partial charge in [-0.05, 0) is 41.8 Å². The smallest absolute Gasteiger partial charge is 0.273 e. The molecule has 1 saturated heterocycles. The molecule has 0 aliphatic carbocycles. The van der Waals surface area contributed by atoms with Gasteiger partial charge < -0.3 is 5.32 Å². The summed E-state index contributed by atoms with van der Waals surface area (Å²) in [7, 11) is -2.89. The lowest BCUT2D eigenvalue weighted by atomic mass is 10.1. The molecule has 1 aliphatic heterocycles. The Morgan fingerprint density at radius 3 is 2.50 bits per heavy atom. The zero-order chi connectivity index (χ0) is 14.9. The van der Waals surface area contributed by atoms with Gasteiger partial charge in [-0.2, -0.15) is 0 Å². The Labute approximate surface area is 125 Å². The molecule has 1 aromatic carbocycles. The minimum atomic E-state index is -2.89. The number of nitrogens with zero attached hydrogens (tertiary/aromatic N) is 1. The number of hydrogen-bond donors (Lipinski definition) is 1. The van der Waals surface area contributed by atoms with Crippen molar-refractivity contribution in [3.8, 4) is 0 Å². The summed E-state index contributed by atoms with van der Waals surface area (Å²) in [5, 5.41) is 14.1. The first-order chi connectivity index (χ1) is 9.28. The van der Waals surface area contributed by atoms with E-state index in [1.54, 1.807) is 13.0 Å². The second kappa shape index (κ2) is 5.69. The lowest BCUT2D eigenvalue weighted by molar-refractivity contribution is -0.385. The first-order valence-electron chi connectivity index (χ1n) is 6.20. The molecule has 0 atom stereocenters. The van der Waals surface area contributed by atoms with Crippen molar-refractivity contribution in [3.63, 3.8) is 0 Å². The van der Waals surface area contributed by atoms with E-state index in [1.807, 2.05) is 0 Å². The molecule has 0 radical (unpaired) electrons. The molecule has 0 unspecified atom stereocenters. The fourth-order valence-corrected chi connectivity index (χ4v) is 4.17. The number of benzene rings is 1. The standard InChI is InChI=1S/C12H15BrN2O4S/c1-8-6-11(10(13)7-12(8)15(16)17)14-9-2-4-20(18,19)5-3-9/h6-7,9,14H,2-5H2,1H3. The van der Waals surface area contributed by atoms with Crippen molar-refractivity contribution in [2.45, 2.75) is 25.8 Å². The van der Waals surface area contributed by atoms with Crippen LogP contribution in [-0.2, 0) is 9.84 Å². The Bertz CT molecular complexity index is 631. The van der Waals surface area contributed by atoms with Crippen molar-refractivity contribution >= 4 is 37.1 Å². The third kappa shape index (κ3) is 3.49. The van der Waals surface area contributed by atoms with Crippen LogP contribution in [0.25, 0.3) is 0 Å². The number of sulfone groups is 1. The molecule has 1 aliphatic rings. The Hall–Kier alpha value is -1.15. The average molecular weight is 363 g/mol. The fraction of sp³-hybridized carbons (Fsp3) is 0.500. The molecule has 0 bridgehead atoms. The Morgan fingerprint density at radius 1 is 1.35 bits per heavy atom. The number of nitrogens with one attached hydrogen (secondary N) is 1. The molecule has 0 saturated carbocycles. The van der Waals surface area contributed by atoms with Crippen molar-refractivity contribution < 1.29 is 13.3 Å². The van der Waals surface area contributed by atoms with Crippen molar-refractivity contribution in [2.24, 2.45) is 0 Å². The van der Waals surface area contributed by atoms with Crippen LogP contribution in [0.2, 0.25) is 0 Å². The highest BCUT2D eigenvalue weighted by Crippen LogP contribution is 2.32. The zero-order valence-electron chi connectivity index (χ0n) is 10.9. The minimum Gasteiger partial charge on any atom is -0.381 e. The Kier molecular flexibility index (Phi) is 4.33. The lowest BCUT2D eigenvalue weighted by Gasteiger charge is -2.24. The third-order valence-electron chi connectivity index (χ3n) is 3.40. The number of anilines is 1. The minimum absolute atomic E-state index is 0.0636. The summed E-state index contributed by atoms with van der Waals surface area (Å²) in [6.07, 6.45) is 1.12. The van der Waals surface area contributed by atoms with Gasteiger partial charge in [-0.25, -0.2) is 8.42 Å². The highest BCUT2D eigenvalue weighted by molar-refractivity contribution is 9.10. The molecule has 1 aromatic rings. The summed E-state index contributed by atoms with van der Waals surface area (Å²) < 4.78 is 23.4. The molecule has 0 spiro atoms. The van der Waals surface area contributed by atoms with E-state index < -0.39 is 14.8 Å². The van der Waals surface area contributed by atoms with Gasteiger partial charge in [-0.15, -0.1) is 0 Å². The van der Waals surface area contributed by atoms with Crippen LogP contribution in [0.4, 0.5) is 11.4 Å². The number of halogens is 1. The molecule has 8 heteroatoms. The van der Waals surface area contributed by atoms with Gasteiger partial charge in [0.2, 0.25) is 0 Å². The van der Waals surface area contributed by atoms with E-state index in [4.69, 9.17) is 0 Å². The van der Waals surface area contributed by atoms with E-state index in [1.165, 1.54) is 6.07 Å². The maximum atomic E-state index is 11.4. The number of nitro groups is 1. The van der Waals surface area contributed by atoms with E-state index in [-0.39, 0.29) is 23.2 Å². The van der Waals surface area contributed by atoms with Gasteiger partial charge >= 0.3 is 0 Å². The van der Waals surface area contributed by atoms with Crippen LogP contribution in [0.1, 0.15) is 18.4 Å². The number of nitro benzene ring substituents is 1. The number of aryl methyl sites for hydroxylation is 1. The van der Waals surface area contributed by atoms with Crippen LogP contribution in [0, 0.1) is 17.0 Å². The highest BCUT2D eigenvalue weighted by atomic mass is 79.9. The van der Waals surface area contributed by atoms with Gasteiger partial charge in [-0.1, -0.05) is 0 Å². The summed E-state index contributed by atoms with van der Waals surface area (Å²) in [4.78, 5) is 10.4. The zero-order valence-corrected chi connectivity index (χ0v) is 13.3. The van der Waals surface area contributed by atoms with E-state index in [0.717, 1.165) is 5.69 Å². The van der Waals surface area contributed by atoms with Crippen molar-refractivity contribution in [1.29, 1.82) is 0 Å². The molecule has 0 aromatic heterocycles. The van der Waals surface area contributed by atoms with Crippen molar-refractivity contribution in [3.05, 3.63) is 32.3 Å². The molecule has 110 valence electrons. The van der Waals surface area contributed by atoms with Crippen LogP contribution in [0.3, 0.4) is 0 Å². The summed E-state index contributed by atoms with van der Waals surface area (Å²) in [5.74, 6) is 0.377. The molecule has 1 fully saturated rings. The van der Waals surface area contributed by atoms with Crippen molar-refractivity contribution in [1.82, 2.24) is 0 Å². The van der Waals surface area contributed by atoms with Gasteiger partial charge in [0.15, 0.2) is 0 Å². The molecule has 1 N–H and O–H groups in total. The van der Waals surface area contributed by atoms with Crippen LogP contribution >= 0.6 is 15.9 Å². The van der Waals surface area contributed by atoms with Gasteiger partial charge in [0.05, 0.1) is 16.4 Å². The molecule has 6 nitrogen and oxygen atoms in total. The predicted molar refractivity (Wildman–Crippen MR) is 80.8 cm³/mol. The van der Waals surface area contributed by atoms with Crippen LogP contribution < -0.4 is 5.32 Å². The number of hydrogen-bond acceptors (Lipinski definition) is 5. The number of rotatable bonds is 3. The Morgan fingerprint density at radius 2 is 1.95 bits per heavy atom. The van der Waals surface area contributed by atoms with E-state index >= 15 is 0 Å². The summed E-state index contributed by atoms with van der Waals surface area (Å²) >= 11 is 3.31. The van der Waals surface area contributed by atoms with Crippen LogP contribution in [-0.4, -0.2) is 30.9 Å². The summed E-state index contributed by atoms with van der Waals surface area (Å²) in [5.41, 5.74) is 1.40. The predicted octanol–water partition coefficient (Wildman–Crippen LogP) is 2.65. The fourth-order valence-electron chi connectivity index (χ4n) is 2.23. The second-order valence-electron chi connectivity index (χ2n) is 4.95. The molecular weight excluding hydrogens is 348 g/mol. The maximum absolute atomic E-state index is 11.4. The summed E-state index contributed by atoms with van der Waals surface area (Å²) in [6.45, 7) is 1.68. The molecule has 2 rings (SSSR count).